The molecule has 2 aliphatic heterocycles. The summed E-state index contributed by atoms with van der Waals surface area (Å²) in [6.45, 7) is 6.76. The first-order valence-corrected chi connectivity index (χ1v) is 9.52. The number of guanidine groups is 1. The molecule has 0 aliphatic carbocycles. The number of rotatable bonds is 6. The molecule has 2 fully saturated rings. The molecule has 1 atom stereocenters. The topological polar surface area (TPSA) is 42.9 Å². The van der Waals surface area contributed by atoms with Gasteiger partial charge in [0.1, 0.15) is 0 Å². The van der Waals surface area contributed by atoms with E-state index in [2.05, 4.69) is 20.5 Å². The van der Waals surface area contributed by atoms with Gasteiger partial charge in [-0.25, -0.2) is 0 Å². The first kappa shape index (κ1) is 23.7. The molecule has 2 aliphatic rings. The van der Waals surface area contributed by atoms with E-state index in [0.717, 1.165) is 32.1 Å². The Balaban J connectivity index is 0.00000338. The minimum Gasteiger partial charge on any atom is -0.357 e. The number of hydrogen-bond donors (Lipinski definition) is 2. The van der Waals surface area contributed by atoms with E-state index in [0.29, 0.717) is 26.1 Å². The van der Waals surface area contributed by atoms with Crippen molar-refractivity contribution in [1.29, 1.82) is 0 Å². The molecule has 5 nitrogen and oxygen atoms in total. The van der Waals surface area contributed by atoms with Gasteiger partial charge >= 0.3 is 6.18 Å². The van der Waals surface area contributed by atoms with Crippen LogP contribution in [-0.2, 0) is 0 Å². The monoisotopic (exact) mass is 491 g/mol. The van der Waals surface area contributed by atoms with Crippen LogP contribution < -0.4 is 10.6 Å². The third kappa shape index (κ3) is 9.59. The Morgan fingerprint density at radius 3 is 2.38 bits per heavy atom. The van der Waals surface area contributed by atoms with Gasteiger partial charge in [0, 0.05) is 32.2 Å². The summed E-state index contributed by atoms with van der Waals surface area (Å²) < 4.78 is 37.5. The lowest BCUT2D eigenvalue weighted by molar-refractivity contribution is -0.143. The third-order valence-corrected chi connectivity index (χ3v) is 4.75. The summed E-state index contributed by atoms with van der Waals surface area (Å²) in [5.41, 5.74) is 0. The number of nitrogens with zero attached hydrogens (tertiary/aromatic N) is 3. The van der Waals surface area contributed by atoms with Gasteiger partial charge in [-0.2, -0.15) is 13.2 Å². The molecule has 154 valence electrons. The van der Waals surface area contributed by atoms with E-state index < -0.39 is 12.7 Å². The highest BCUT2D eigenvalue weighted by Crippen LogP contribution is 2.19. The molecule has 2 rings (SSSR count). The summed E-state index contributed by atoms with van der Waals surface area (Å²) in [5, 5.41) is 6.50. The summed E-state index contributed by atoms with van der Waals surface area (Å²) in [6.07, 6.45) is 1.76. The molecule has 0 aromatic carbocycles. The van der Waals surface area contributed by atoms with Crippen molar-refractivity contribution in [3.63, 3.8) is 0 Å². The second-order valence-electron chi connectivity index (χ2n) is 7.00. The molecule has 0 amide bonds. The van der Waals surface area contributed by atoms with Crippen LogP contribution in [0, 0.1) is 0 Å². The standard InChI is InChI=1S/C17H32F3N5.HI/c1-2-21-16(22-8-12-24-9-5-3-4-6-10-24)23-15-7-11-25(13-15)14-17(18,19)20;/h15H,2-14H2,1H3,(H2,21,22,23);1H. The molecule has 1 unspecified atom stereocenters. The van der Waals surface area contributed by atoms with E-state index in [-0.39, 0.29) is 30.0 Å². The lowest BCUT2D eigenvalue weighted by Crippen LogP contribution is -2.45. The maximum absolute atomic E-state index is 12.5. The summed E-state index contributed by atoms with van der Waals surface area (Å²) in [6, 6.07) is 0.0262. The highest BCUT2D eigenvalue weighted by molar-refractivity contribution is 14.0. The number of hydrogen-bond acceptors (Lipinski definition) is 3. The SMILES string of the molecule is CCNC(=NCCN1CCCCCC1)NC1CCN(CC(F)(F)F)C1.I. The Hall–Kier alpha value is -0.290. The fourth-order valence-electron chi connectivity index (χ4n) is 3.52. The van der Waals surface area contributed by atoms with Gasteiger partial charge in [0.2, 0.25) is 0 Å². The van der Waals surface area contributed by atoms with Crippen LogP contribution in [0.1, 0.15) is 39.0 Å². The van der Waals surface area contributed by atoms with Crippen LogP contribution in [0.5, 0.6) is 0 Å². The van der Waals surface area contributed by atoms with Crippen molar-refractivity contribution in [2.24, 2.45) is 4.99 Å². The Morgan fingerprint density at radius 1 is 1.08 bits per heavy atom. The fraction of sp³-hybridized carbons (Fsp3) is 0.941. The van der Waals surface area contributed by atoms with Gasteiger partial charge in [0.15, 0.2) is 5.96 Å². The first-order chi connectivity index (χ1) is 12.0. The normalized spacial score (nSPS) is 23.4. The Morgan fingerprint density at radius 2 is 1.77 bits per heavy atom. The van der Waals surface area contributed by atoms with Gasteiger partial charge in [-0.3, -0.25) is 9.89 Å². The summed E-state index contributed by atoms with van der Waals surface area (Å²) in [4.78, 5) is 8.53. The molecule has 0 aromatic heterocycles. The van der Waals surface area contributed by atoms with E-state index in [1.54, 1.807) is 0 Å². The van der Waals surface area contributed by atoms with Gasteiger partial charge in [-0.05, 0) is 39.3 Å². The second-order valence-corrected chi connectivity index (χ2v) is 7.00. The molecule has 0 spiro atoms. The van der Waals surface area contributed by atoms with Crippen molar-refractivity contribution in [1.82, 2.24) is 20.4 Å². The summed E-state index contributed by atoms with van der Waals surface area (Å²) >= 11 is 0. The predicted octanol–water partition coefficient (Wildman–Crippen LogP) is 2.67. The number of aliphatic imine (C=N–C) groups is 1. The molecule has 2 N–H and O–H groups in total. The van der Waals surface area contributed by atoms with Crippen molar-refractivity contribution in [2.75, 3.05) is 52.4 Å². The van der Waals surface area contributed by atoms with E-state index in [9.17, 15) is 13.2 Å². The Kier molecular flexibility index (Phi) is 11.2. The van der Waals surface area contributed by atoms with Crippen molar-refractivity contribution in [3.05, 3.63) is 0 Å². The number of likely N-dealkylation sites (tertiary alicyclic amines) is 2. The van der Waals surface area contributed by atoms with E-state index in [1.807, 2.05) is 6.92 Å². The molecule has 9 heteroatoms. The molecule has 26 heavy (non-hydrogen) atoms. The molecular formula is C17H33F3IN5. The lowest BCUT2D eigenvalue weighted by atomic mass is 10.2. The van der Waals surface area contributed by atoms with Crippen molar-refractivity contribution >= 4 is 29.9 Å². The average molecular weight is 491 g/mol. The van der Waals surface area contributed by atoms with Gasteiger partial charge in [0.05, 0.1) is 13.1 Å². The zero-order valence-corrected chi connectivity index (χ0v) is 18.0. The molecule has 0 saturated carbocycles. The Labute approximate surface area is 172 Å². The van der Waals surface area contributed by atoms with Crippen molar-refractivity contribution in [2.45, 2.75) is 51.2 Å². The van der Waals surface area contributed by atoms with Crippen LogP contribution in [0.15, 0.2) is 4.99 Å². The van der Waals surface area contributed by atoms with E-state index >= 15 is 0 Å². The zero-order chi connectivity index (χ0) is 18.1. The largest absolute Gasteiger partial charge is 0.401 e. The van der Waals surface area contributed by atoms with Gasteiger partial charge in [-0.1, -0.05) is 12.8 Å². The fourth-order valence-corrected chi connectivity index (χ4v) is 3.52. The van der Waals surface area contributed by atoms with Crippen LogP contribution in [0.4, 0.5) is 13.2 Å². The molecule has 0 aromatic rings. The summed E-state index contributed by atoms with van der Waals surface area (Å²) in [7, 11) is 0. The molecule has 2 heterocycles. The molecule has 2 saturated heterocycles. The minimum absolute atomic E-state index is 0. The van der Waals surface area contributed by atoms with E-state index in [1.165, 1.54) is 30.6 Å². The van der Waals surface area contributed by atoms with Crippen LogP contribution in [-0.4, -0.2) is 80.3 Å². The summed E-state index contributed by atoms with van der Waals surface area (Å²) in [5.74, 6) is 0.719. The molecule has 0 radical (unpaired) electrons. The average Bonchev–Trinajstić information content (AvgIpc) is 2.79. The smallest absolute Gasteiger partial charge is 0.357 e. The van der Waals surface area contributed by atoms with Gasteiger partial charge in [0.25, 0.3) is 0 Å². The number of halogens is 4. The maximum Gasteiger partial charge on any atom is 0.401 e. The van der Waals surface area contributed by atoms with Gasteiger partial charge in [-0.15, -0.1) is 24.0 Å². The van der Waals surface area contributed by atoms with Crippen LogP contribution in [0.3, 0.4) is 0 Å². The quantitative estimate of drug-likeness (QED) is 0.341. The second kappa shape index (κ2) is 12.2. The highest BCUT2D eigenvalue weighted by atomic mass is 127. The minimum atomic E-state index is -4.12. The maximum atomic E-state index is 12.5. The van der Waals surface area contributed by atoms with Crippen LogP contribution in [0.2, 0.25) is 0 Å². The lowest BCUT2D eigenvalue weighted by Gasteiger charge is -2.21. The third-order valence-electron chi connectivity index (χ3n) is 4.75. The van der Waals surface area contributed by atoms with E-state index in [4.69, 9.17) is 0 Å². The zero-order valence-electron chi connectivity index (χ0n) is 15.7. The van der Waals surface area contributed by atoms with Gasteiger partial charge < -0.3 is 15.5 Å². The molecule has 0 bridgehead atoms. The van der Waals surface area contributed by atoms with Crippen molar-refractivity contribution in [3.8, 4) is 0 Å². The number of nitrogens with one attached hydrogen (secondary N) is 2. The predicted molar refractivity (Wildman–Crippen MR) is 110 cm³/mol. The van der Waals surface area contributed by atoms with Crippen LogP contribution >= 0.6 is 24.0 Å². The molecular weight excluding hydrogens is 458 g/mol. The van der Waals surface area contributed by atoms with Crippen LogP contribution in [0.25, 0.3) is 0 Å². The number of alkyl halides is 3. The first-order valence-electron chi connectivity index (χ1n) is 9.52. The Bertz CT molecular complexity index is 412. The highest BCUT2D eigenvalue weighted by Gasteiger charge is 2.34. The van der Waals surface area contributed by atoms with Crippen molar-refractivity contribution < 1.29 is 13.2 Å².